The molecule has 1 heterocycles. The third kappa shape index (κ3) is 1.79. The van der Waals surface area contributed by atoms with E-state index in [9.17, 15) is 4.79 Å². The molecule has 0 spiro atoms. The van der Waals surface area contributed by atoms with Gasteiger partial charge in [0.1, 0.15) is 6.10 Å². The molecule has 0 aromatic heterocycles. The number of esters is 1. The van der Waals surface area contributed by atoms with Crippen LogP contribution in [0, 0.1) is 23.7 Å². The summed E-state index contributed by atoms with van der Waals surface area (Å²) in [6.45, 7) is 6.62. The highest BCUT2D eigenvalue weighted by molar-refractivity contribution is 5.74. The lowest BCUT2D eigenvalue weighted by Gasteiger charge is -2.38. The summed E-state index contributed by atoms with van der Waals surface area (Å²) >= 11 is 0. The summed E-state index contributed by atoms with van der Waals surface area (Å²) in [5, 5.41) is 0. The summed E-state index contributed by atoms with van der Waals surface area (Å²) < 4.78 is 5.58. The summed E-state index contributed by atoms with van der Waals surface area (Å²) in [5.74, 6) is 1.98. The van der Waals surface area contributed by atoms with Crippen molar-refractivity contribution in [3.63, 3.8) is 0 Å². The van der Waals surface area contributed by atoms with Gasteiger partial charge < -0.3 is 4.74 Å². The maximum atomic E-state index is 11.9. The Morgan fingerprint density at radius 1 is 1.33 bits per heavy atom. The fraction of sp³-hybridized carbons (Fsp3) is 0.923. The maximum Gasteiger partial charge on any atom is 0.309 e. The molecule has 2 rings (SSSR count). The predicted molar refractivity (Wildman–Crippen MR) is 59.3 cm³/mol. The Balaban J connectivity index is 2.12. The van der Waals surface area contributed by atoms with Gasteiger partial charge in [0.05, 0.1) is 5.92 Å². The van der Waals surface area contributed by atoms with E-state index in [1.807, 2.05) is 0 Å². The fourth-order valence-corrected chi connectivity index (χ4v) is 3.45. The first-order valence-corrected chi connectivity index (χ1v) is 6.35. The lowest BCUT2D eigenvalue weighted by Crippen LogP contribution is -2.43. The molecule has 1 aliphatic heterocycles. The summed E-state index contributed by atoms with van der Waals surface area (Å²) in [7, 11) is 0. The minimum atomic E-state index is 0.0848. The molecule has 1 saturated heterocycles. The van der Waals surface area contributed by atoms with E-state index in [1.54, 1.807) is 0 Å². The van der Waals surface area contributed by atoms with Crippen molar-refractivity contribution in [2.75, 3.05) is 0 Å². The van der Waals surface area contributed by atoms with E-state index < -0.39 is 0 Å². The first-order chi connectivity index (χ1) is 7.15. The van der Waals surface area contributed by atoms with Crippen molar-refractivity contribution in [1.29, 1.82) is 0 Å². The molecule has 86 valence electrons. The summed E-state index contributed by atoms with van der Waals surface area (Å²) in [4.78, 5) is 11.9. The normalized spacial score (nSPS) is 45.0. The first-order valence-electron chi connectivity index (χ1n) is 6.35. The van der Waals surface area contributed by atoms with Crippen LogP contribution < -0.4 is 0 Å². The maximum absolute atomic E-state index is 11.9. The first kappa shape index (κ1) is 11.0. The van der Waals surface area contributed by atoms with Gasteiger partial charge in [-0.25, -0.2) is 0 Å². The van der Waals surface area contributed by atoms with Gasteiger partial charge >= 0.3 is 5.97 Å². The van der Waals surface area contributed by atoms with Crippen molar-refractivity contribution in [3.05, 3.63) is 0 Å². The second kappa shape index (κ2) is 4.15. The number of fused-ring (bicyclic) bond motifs is 1. The Morgan fingerprint density at radius 2 is 2.07 bits per heavy atom. The number of hydrogen-bond acceptors (Lipinski definition) is 2. The molecule has 1 aliphatic carbocycles. The van der Waals surface area contributed by atoms with Gasteiger partial charge in [-0.15, -0.1) is 0 Å². The topological polar surface area (TPSA) is 26.3 Å². The number of cyclic esters (lactones) is 1. The highest BCUT2D eigenvalue weighted by Gasteiger charge is 2.48. The molecule has 5 atom stereocenters. The fourth-order valence-electron chi connectivity index (χ4n) is 3.45. The monoisotopic (exact) mass is 210 g/mol. The molecule has 0 aromatic carbocycles. The molecule has 0 radical (unpaired) electrons. The minimum absolute atomic E-state index is 0.0848. The molecular weight excluding hydrogens is 188 g/mol. The molecule has 0 bridgehead atoms. The van der Waals surface area contributed by atoms with Crippen LogP contribution in [0.5, 0.6) is 0 Å². The van der Waals surface area contributed by atoms with Gasteiger partial charge in [0, 0.05) is 0 Å². The molecule has 2 fully saturated rings. The quantitative estimate of drug-likeness (QED) is 0.655. The zero-order valence-corrected chi connectivity index (χ0v) is 10.0. The van der Waals surface area contributed by atoms with Crippen molar-refractivity contribution in [3.8, 4) is 0 Å². The van der Waals surface area contributed by atoms with E-state index in [2.05, 4.69) is 20.8 Å². The van der Waals surface area contributed by atoms with Crippen molar-refractivity contribution < 1.29 is 9.53 Å². The molecule has 1 saturated carbocycles. The van der Waals surface area contributed by atoms with E-state index in [0.717, 1.165) is 12.8 Å². The van der Waals surface area contributed by atoms with Gasteiger partial charge in [0.25, 0.3) is 0 Å². The average Bonchev–Trinajstić information content (AvgIpc) is 2.57. The second-order valence-corrected chi connectivity index (χ2v) is 5.37. The Bertz CT molecular complexity index is 249. The van der Waals surface area contributed by atoms with E-state index >= 15 is 0 Å². The molecule has 2 heteroatoms. The highest BCUT2D eigenvalue weighted by Crippen LogP contribution is 2.46. The molecule has 0 aromatic rings. The smallest absolute Gasteiger partial charge is 0.309 e. The van der Waals surface area contributed by atoms with Gasteiger partial charge in [0.15, 0.2) is 0 Å². The van der Waals surface area contributed by atoms with Crippen LogP contribution in [0.15, 0.2) is 0 Å². The van der Waals surface area contributed by atoms with E-state index in [4.69, 9.17) is 4.74 Å². The van der Waals surface area contributed by atoms with Crippen LogP contribution in [0.3, 0.4) is 0 Å². The standard InChI is InChI=1S/C13H22O2/c1-4-5-11-9(3)10-7-6-8(2)12(10)13(14)15-11/h8-12H,4-7H2,1-3H3/t8-,9+,10+,11+,12+/m0/s1. The number of rotatable bonds is 2. The van der Waals surface area contributed by atoms with Crippen LogP contribution in [0.25, 0.3) is 0 Å². The zero-order valence-electron chi connectivity index (χ0n) is 10.0. The Labute approximate surface area is 92.4 Å². The molecule has 2 aliphatic rings. The van der Waals surface area contributed by atoms with Gasteiger partial charge in [-0.05, 0) is 37.0 Å². The number of carbonyl (C=O) groups is 1. The van der Waals surface area contributed by atoms with Gasteiger partial charge in [-0.1, -0.05) is 27.2 Å². The summed E-state index contributed by atoms with van der Waals surface area (Å²) in [5.41, 5.74) is 0. The third-order valence-corrected chi connectivity index (χ3v) is 4.40. The molecule has 0 amide bonds. The van der Waals surface area contributed by atoms with Gasteiger partial charge in [-0.3, -0.25) is 4.79 Å². The zero-order chi connectivity index (χ0) is 11.0. The largest absolute Gasteiger partial charge is 0.462 e. The van der Waals surface area contributed by atoms with E-state index in [-0.39, 0.29) is 18.0 Å². The van der Waals surface area contributed by atoms with Crippen molar-refractivity contribution in [2.24, 2.45) is 23.7 Å². The molecule has 2 nitrogen and oxygen atoms in total. The van der Waals surface area contributed by atoms with Crippen LogP contribution in [-0.2, 0) is 9.53 Å². The minimum Gasteiger partial charge on any atom is -0.462 e. The van der Waals surface area contributed by atoms with Gasteiger partial charge in [-0.2, -0.15) is 0 Å². The molecule has 15 heavy (non-hydrogen) atoms. The molecule has 0 N–H and O–H groups in total. The molecule has 0 unspecified atom stereocenters. The van der Waals surface area contributed by atoms with Crippen molar-refractivity contribution in [2.45, 2.75) is 52.6 Å². The van der Waals surface area contributed by atoms with E-state index in [0.29, 0.717) is 17.8 Å². The lowest BCUT2D eigenvalue weighted by atomic mass is 9.76. The van der Waals surface area contributed by atoms with Gasteiger partial charge in [0.2, 0.25) is 0 Å². The number of carbonyl (C=O) groups excluding carboxylic acids is 1. The molecular formula is C13H22O2. The summed E-state index contributed by atoms with van der Waals surface area (Å²) in [6, 6.07) is 0. The van der Waals surface area contributed by atoms with Crippen LogP contribution in [-0.4, -0.2) is 12.1 Å². The Kier molecular flexibility index (Phi) is 3.03. The second-order valence-electron chi connectivity index (χ2n) is 5.37. The van der Waals surface area contributed by atoms with E-state index in [1.165, 1.54) is 12.8 Å². The van der Waals surface area contributed by atoms with Crippen LogP contribution >= 0.6 is 0 Å². The Morgan fingerprint density at radius 3 is 2.73 bits per heavy atom. The SMILES string of the molecule is CCC[C@H]1OC(=O)[C@H]2[C@H](CC[C@@H]2C)[C@H]1C. The predicted octanol–water partition coefficient (Wildman–Crippen LogP) is 3.01. The van der Waals surface area contributed by atoms with Crippen LogP contribution in [0.2, 0.25) is 0 Å². The highest BCUT2D eigenvalue weighted by atomic mass is 16.5. The van der Waals surface area contributed by atoms with Crippen LogP contribution in [0.1, 0.15) is 46.5 Å². The lowest BCUT2D eigenvalue weighted by molar-refractivity contribution is -0.172. The number of hydrogen-bond donors (Lipinski definition) is 0. The van der Waals surface area contributed by atoms with Crippen molar-refractivity contribution >= 4 is 5.97 Å². The average molecular weight is 210 g/mol. The Hall–Kier alpha value is -0.530. The van der Waals surface area contributed by atoms with Crippen molar-refractivity contribution in [1.82, 2.24) is 0 Å². The van der Waals surface area contributed by atoms with Crippen LogP contribution in [0.4, 0.5) is 0 Å². The number of ether oxygens (including phenoxy) is 1. The summed E-state index contributed by atoms with van der Waals surface area (Å²) in [6.07, 6.45) is 4.75. The third-order valence-electron chi connectivity index (χ3n) is 4.40.